The maximum atomic E-state index is 10.2. The first-order valence-electron chi connectivity index (χ1n) is 6.32. The molecule has 4 N–H and O–H groups in total. The van der Waals surface area contributed by atoms with Crippen molar-refractivity contribution < 1.29 is 10.2 Å². The van der Waals surface area contributed by atoms with Gasteiger partial charge in [-0.25, -0.2) is 0 Å². The predicted molar refractivity (Wildman–Crippen MR) is 67.5 cm³/mol. The Hall–Kier alpha value is -0.900. The van der Waals surface area contributed by atoms with Crippen LogP contribution in [0.1, 0.15) is 24.8 Å². The van der Waals surface area contributed by atoms with Gasteiger partial charge in [-0.15, -0.1) is 0 Å². The van der Waals surface area contributed by atoms with Crippen molar-refractivity contribution in [1.82, 2.24) is 0 Å². The quantitative estimate of drug-likeness (QED) is 0.731. The van der Waals surface area contributed by atoms with Gasteiger partial charge in [0.15, 0.2) is 0 Å². The Labute approximate surface area is 102 Å². The SMILES string of the molecule is N[C@@H](Cc1ccccc1)[C@H](O)[C@@H]1CC[C@H](O)C1. The zero-order valence-electron chi connectivity index (χ0n) is 10.00. The zero-order valence-corrected chi connectivity index (χ0v) is 10.00. The van der Waals surface area contributed by atoms with E-state index in [0.29, 0.717) is 12.8 Å². The third-order valence-corrected chi connectivity index (χ3v) is 3.68. The van der Waals surface area contributed by atoms with Crippen LogP contribution in [-0.4, -0.2) is 28.5 Å². The minimum Gasteiger partial charge on any atom is -0.393 e. The molecule has 0 bridgehead atoms. The third kappa shape index (κ3) is 3.28. The Morgan fingerprint density at radius 1 is 1.24 bits per heavy atom. The lowest BCUT2D eigenvalue weighted by Crippen LogP contribution is -2.41. The number of hydrogen-bond acceptors (Lipinski definition) is 3. The summed E-state index contributed by atoms with van der Waals surface area (Å²) in [7, 11) is 0. The van der Waals surface area contributed by atoms with Crippen molar-refractivity contribution >= 4 is 0 Å². The van der Waals surface area contributed by atoms with Crippen molar-refractivity contribution in [2.75, 3.05) is 0 Å². The lowest BCUT2D eigenvalue weighted by atomic mass is 9.91. The van der Waals surface area contributed by atoms with Crippen molar-refractivity contribution in [2.24, 2.45) is 11.7 Å². The van der Waals surface area contributed by atoms with Crippen LogP contribution in [0.25, 0.3) is 0 Å². The van der Waals surface area contributed by atoms with E-state index in [1.807, 2.05) is 30.3 Å². The summed E-state index contributed by atoms with van der Waals surface area (Å²) in [6, 6.07) is 9.74. The molecule has 1 fully saturated rings. The molecule has 1 saturated carbocycles. The standard InChI is InChI=1S/C14H21NO2/c15-13(8-10-4-2-1-3-5-10)14(17)11-6-7-12(16)9-11/h1-5,11-14,16-17H,6-9,15H2/t11-,12+,13+,14-/m1/s1. The van der Waals surface area contributed by atoms with E-state index in [-0.39, 0.29) is 18.1 Å². The Bertz CT molecular complexity index is 341. The topological polar surface area (TPSA) is 66.5 Å². The molecule has 0 aliphatic heterocycles. The van der Waals surface area contributed by atoms with E-state index >= 15 is 0 Å². The minimum atomic E-state index is -0.507. The second-order valence-electron chi connectivity index (χ2n) is 5.07. The highest BCUT2D eigenvalue weighted by Gasteiger charge is 2.31. The van der Waals surface area contributed by atoms with Gasteiger partial charge in [-0.3, -0.25) is 0 Å². The van der Waals surface area contributed by atoms with E-state index < -0.39 is 6.10 Å². The maximum absolute atomic E-state index is 10.2. The monoisotopic (exact) mass is 235 g/mol. The first-order valence-corrected chi connectivity index (χ1v) is 6.32. The van der Waals surface area contributed by atoms with Gasteiger partial charge >= 0.3 is 0 Å². The molecule has 0 radical (unpaired) electrons. The van der Waals surface area contributed by atoms with E-state index in [9.17, 15) is 10.2 Å². The minimum absolute atomic E-state index is 0.156. The van der Waals surface area contributed by atoms with E-state index in [0.717, 1.165) is 18.4 Å². The van der Waals surface area contributed by atoms with Crippen LogP contribution < -0.4 is 5.73 Å². The smallest absolute Gasteiger partial charge is 0.0723 e. The summed E-state index contributed by atoms with van der Waals surface area (Å²) < 4.78 is 0. The fourth-order valence-electron chi connectivity index (χ4n) is 2.66. The summed E-state index contributed by atoms with van der Waals surface area (Å²) in [5, 5.41) is 19.6. The third-order valence-electron chi connectivity index (χ3n) is 3.68. The number of rotatable bonds is 4. The Kier molecular flexibility index (Phi) is 4.15. The van der Waals surface area contributed by atoms with Crippen LogP contribution in [0.5, 0.6) is 0 Å². The molecule has 17 heavy (non-hydrogen) atoms. The Morgan fingerprint density at radius 2 is 1.94 bits per heavy atom. The van der Waals surface area contributed by atoms with Crippen molar-refractivity contribution in [3.8, 4) is 0 Å². The van der Waals surface area contributed by atoms with Gasteiger partial charge in [-0.2, -0.15) is 0 Å². The molecular weight excluding hydrogens is 214 g/mol. The van der Waals surface area contributed by atoms with E-state index in [4.69, 9.17) is 5.73 Å². The summed E-state index contributed by atoms with van der Waals surface area (Å²) in [4.78, 5) is 0. The van der Waals surface area contributed by atoms with E-state index in [1.54, 1.807) is 0 Å². The number of hydrogen-bond donors (Lipinski definition) is 3. The molecule has 94 valence electrons. The van der Waals surface area contributed by atoms with Gasteiger partial charge in [0, 0.05) is 6.04 Å². The van der Waals surface area contributed by atoms with E-state index in [1.165, 1.54) is 0 Å². The molecule has 0 spiro atoms. The summed E-state index contributed by atoms with van der Waals surface area (Å²) in [6.07, 6.45) is 2.29. The van der Waals surface area contributed by atoms with Crippen LogP contribution in [0.2, 0.25) is 0 Å². The number of aliphatic hydroxyl groups excluding tert-OH is 2. The van der Waals surface area contributed by atoms with Gasteiger partial charge in [-0.1, -0.05) is 30.3 Å². The first kappa shape index (κ1) is 12.6. The van der Waals surface area contributed by atoms with Crippen LogP contribution in [0, 0.1) is 5.92 Å². The highest BCUT2D eigenvalue weighted by Crippen LogP contribution is 2.29. The molecule has 2 rings (SSSR count). The number of aliphatic hydroxyl groups is 2. The molecule has 4 atom stereocenters. The van der Waals surface area contributed by atoms with Crippen molar-refractivity contribution in [2.45, 2.75) is 43.9 Å². The van der Waals surface area contributed by atoms with Crippen LogP contribution in [-0.2, 0) is 6.42 Å². The van der Waals surface area contributed by atoms with Crippen LogP contribution in [0.3, 0.4) is 0 Å². The second-order valence-corrected chi connectivity index (χ2v) is 5.07. The maximum Gasteiger partial charge on any atom is 0.0723 e. The largest absolute Gasteiger partial charge is 0.393 e. The fourth-order valence-corrected chi connectivity index (χ4v) is 2.66. The van der Waals surface area contributed by atoms with Gasteiger partial charge in [0.05, 0.1) is 12.2 Å². The van der Waals surface area contributed by atoms with Gasteiger partial charge in [0.25, 0.3) is 0 Å². The molecule has 3 heteroatoms. The molecular formula is C14H21NO2. The zero-order chi connectivity index (χ0) is 12.3. The molecule has 3 nitrogen and oxygen atoms in total. The Balaban J connectivity index is 1.89. The lowest BCUT2D eigenvalue weighted by Gasteiger charge is -2.24. The van der Waals surface area contributed by atoms with Gasteiger partial charge in [0.2, 0.25) is 0 Å². The van der Waals surface area contributed by atoms with Crippen LogP contribution >= 0.6 is 0 Å². The average molecular weight is 235 g/mol. The molecule has 0 heterocycles. The number of benzene rings is 1. The molecule has 0 saturated heterocycles. The normalized spacial score (nSPS) is 27.9. The van der Waals surface area contributed by atoms with Crippen molar-refractivity contribution in [3.05, 3.63) is 35.9 Å². The van der Waals surface area contributed by atoms with Crippen LogP contribution in [0.4, 0.5) is 0 Å². The summed E-state index contributed by atoms with van der Waals surface area (Å²) in [5.41, 5.74) is 7.19. The molecule has 1 aliphatic rings. The molecule has 1 aliphatic carbocycles. The summed E-state index contributed by atoms with van der Waals surface area (Å²) in [5.74, 6) is 0.156. The molecule has 1 aromatic carbocycles. The summed E-state index contributed by atoms with van der Waals surface area (Å²) in [6.45, 7) is 0. The highest BCUT2D eigenvalue weighted by atomic mass is 16.3. The highest BCUT2D eigenvalue weighted by molar-refractivity contribution is 5.16. The average Bonchev–Trinajstić information content (AvgIpc) is 2.76. The number of nitrogens with two attached hydrogens (primary N) is 1. The molecule has 0 amide bonds. The van der Waals surface area contributed by atoms with Gasteiger partial charge in [-0.05, 0) is 37.2 Å². The fraction of sp³-hybridized carbons (Fsp3) is 0.571. The van der Waals surface area contributed by atoms with E-state index in [2.05, 4.69) is 0 Å². The van der Waals surface area contributed by atoms with Gasteiger partial charge < -0.3 is 15.9 Å². The second kappa shape index (κ2) is 5.63. The predicted octanol–water partition coefficient (Wildman–Crippen LogP) is 1.08. The van der Waals surface area contributed by atoms with Crippen LogP contribution in [0.15, 0.2) is 30.3 Å². The first-order chi connectivity index (χ1) is 8.16. The molecule has 0 aromatic heterocycles. The lowest BCUT2D eigenvalue weighted by molar-refractivity contribution is 0.0747. The summed E-state index contributed by atoms with van der Waals surface area (Å²) >= 11 is 0. The van der Waals surface area contributed by atoms with Gasteiger partial charge in [0.1, 0.15) is 0 Å². The van der Waals surface area contributed by atoms with Crippen molar-refractivity contribution in [3.63, 3.8) is 0 Å². The Morgan fingerprint density at radius 3 is 2.53 bits per heavy atom. The molecule has 1 aromatic rings. The molecule has 0 unspecified atom stereocenters. The van der Waals surface area contributed by atoms with Crippen molar-refractivity contribution in [1.29, 1.82) is 0 Å².